The molecule has 0 spiro atoms. The van der Waals surface area contributed by atoms with Crippen LogP contribution >= 0.6 is 23.2 Å². The Balaban J connectivity index is 1.33. The zero-order valence-electron chi connectivity index (χ0n) is 16.2. The van der Waals surface area contributed by atoms with E-state index < -0.39 is 11.9 Å². The van der Waals surface area contributed by atoms with E-state index >= 15 is 0 Å². The van der Waals surface area contributed by atoms with Crippen LogP contribution in [0.3, 0.4) is 0 Å². The Kier molecular flexibility index (Phi) is 8.24. The van der Waals surface area contributed by atoms with E-state index in [0.717, 1.165) is 12.8 Å². The number of pyridine rings is 1. The van der Waals surface area contributed by atoms with Crippen molar-refractivity contribution in [2.24, 2.45) is 0 Å². The topological polar surface area (TPSA) is 86.7 Å². The number of halogens is 3. The highest BCUT2D eigenvalue weighted by molar-refractivity contribution is 6.30. The molecular weight excluding hydrogens is 434 g/mol. The number of hydrogen-bond donors (Lipinski definition) is 3. The summed E-state index contributed by atoms with van der Waals surface area (Å²) in [7, 11) is 0. The van der Waals surface area contributed by atoms with Crippen LogP contribution < -0.4 is 15.5 Å². The summed E-state index contributed by atoms with van der Waals surface area (Å²) in [5.74, 6) is -0.521. The van der Waals surface area contributed by atoms with Crippen molar-refractivity contribution in [2.75, 3.05) is 26.2 Å². The van der Waals surface area contributed by atoms with E-state index in [1.807, 2.05) is 5.01 Å². The second kappa shape index (κ2) is 10.9. The first-order valence-corrected chi connectivity index (χ1v) is 10.3. The minimum atomic E-state index is -0.738. The van der Waals surface area contributed by atoms with Gasteiger partial charge in [0, 0.05) is 37.9 Å². The maximum atomic E-state index is 13.4. The number of rotatable bonds is 8. The Morgan fingerprint density at radius 1 is 1.30 bits per heavy atom. The molecule has 1 amide bonds. The molecule has 1 aliphatic rings. The molecule has 1 aliphatic heterocycles. The van der Waals surface area contributed by atoms with Crippen molar-refractivity contribution in [2.45, 2.75) is 25.0 Å². The van der Waals surface area contributed by atoms with Crippen LogP contribution in [0.25, 0.3) is 0 Å². The molecule has 3 N–H and O–H groups in total. The molecule has 1 atom stereocenters. The van der Waals surface area contributed by atoms with Gasteiger partial charge < -0.3 is 15.2 Å². The van der Waals surface area contributed by atoms with E-state index in [2.05, 4.69) is 15.7 Å². The maximum Gasteiger partial charge on any atom is 0.284 e. The van der Waals surface area contributed by atoms with Crippen molar-refractivity contribution in [3.05, 3.63) is 58.1 Å². The summed E-state index contributed by atoms with van der Waals surface area (Å²) < 4.78 is 18.8. The summed E-state index contributed by atoms with van der Waals surface area (Å²) in [4.78, 5) is 16.2. The molecule has 1 aromatic heterocycles. The Morgan fingerprint density at radius 3 is 2.73 bits per heavy atom. The van der Waals surface area contributed by atoms with Crippen molar-refractivity contribution < 1.29 is 19.0 Å². The SMILES string of the molecule is O=C(NN1CCC(NC[C@@H](O)COc2ccc(Cl)c(F)c2)CC1)c1ccc(Cl)cn1. The second-order valence-electron chi connectivity index (χ2n) is 7.01. The molecule has 162 valence electrons. The Labute approximate surface area is 184 Å². The number of nitrogens with one attached hydrogen (secondary N) is 2. The quantitative estimate of drug-likeness (QED) is 0.565. The summed E-state index contributed by atoms with van der Waals surface area (Å²) >= 11 is 11.4. The highest BCUT2D eigenvalue weighted by Gasteiger charge is 2.21. The number of hydrazine groups is 1. The molecule has 1 aromatic carbocycles. The Morgan fingerprint density at radius 2 is 2.07 bits per heavy atom. The molecule has 0 bridgehead atoms. The molecule has 1 saturated heterocycles. The molecule has 30 heavy (non-hydrogen) atoms. The van der Waals surface area contributed by atoms with Gasteiger partial charge in [-0.25, -0.2) is 14.4 Å². The van der Waals surface area contributed by atoms with E-state index in [1.54, 1.807) is 18.2 Å². The number of aromatic nitrogens is 1. The molecule has 0 unspecified atom stereocenters. The smallest absolute Gasteiger partial charge is 0.284 e. The number of amides is 1. The van der Waals surface area contributed by atoms with Crippen LogP contribution in [0.5, 0.6) is 5.75 Å². The van der Waals surface area contributed by atoms with Gasteiger partial charge in [-0.15, -0.1) is 0 Å². The number of carbonyl (C=O) groups is 1. The van der Waals surface area contributed by atoms with Crippen LogP contribution in [0.1, 0.15) is 23.3 Å². The van der Waals surface area contributed by atoms with Gasteiger partial charge in [0.15, 0.2) is 0 Å². The summed E-state index contributed by atoms with van der Waals surface area (Å²) in [5.41, 5.74) is 3.15. The van der Waals surface area contributed by atoms with Crippen LogP contribution in [-0.2, 0) is 0 Å². The van der Waals surface area contributed by atoms with Crippen molar-refractivity contribution in [1.29, 1.82) is 0 Å². The van der Waals surface area contributed by atoms with E-state index in [9.17, 15) is 14.3 Å². The van der Waals surface area contributed by atoms with Crippen LogP contribution in [0, 0.1) is 5.82 Å². The molecule has 1 fully saturated rings. The van der Waals surface area contributed by atoms with Crippen LogP contribution in [-0.4, -0.2) is 59.4 Å². The lowest BCUT2D eigenvalue weighted by Gasteiger charge is -2.32. The van der Waals surface area contributed by atoms with Gasteiger partial charge in [-0.2, -0.15) is 0 Å². The standard InChI is InChI=1S/C20H23Cl2FN4O3/c21-13-1-4-19(25-10-13)20(29)26-27-7-5-14(6-8-27)24-11-15(28)12-30-16-2-3-17(22)18(23)9-16/h1-4,9-10,14-15,24,28H,5-8,11-12H2,(H,26,29)/t15-/m1/s1. The van der Waals surface area contributed by atoms with Gasteiger partial charge in [-0.1, -0.05) is 23.2 Å². The summed E-state index contributed by atoms with van der Waals surface area (Å²) in [5, 5.41) is 15.7. The number of hydrogen-bond acceptors (Lipinski definition) is 6. The molecule has 2 aromatic rings. The molecule has 2 heterocycles. The number of aliphatic hydroxyl groups excluding tert-OH is 1. The summed E-state index contributed by atoms with van der Waals surface area (Å²) in [6, 6.07) is 7.56. The van der Waals surface area contributed by atoms with Crippen molar-refractivity contribution in [1.82, 2.24) is 20.7 Å². The van der Waals surface area contributed by atoms with Gasteiger partial charge in [0.25, 0.3) is 5.91 Å². The fourth-order valence-corrected chi connectivity index (χ4v) is 3.26. The summed E-state index contributed by atoms with van der Waals surface area (Å²) in [6.45, 7) is 1.74. The highest BCUT2D eigenvalue weighted by atomic mass is 35.5. The first-order valence-electron chi connectivity index (χ1n) is 9.57. The third-order valence-corrected chi connectivity index (χ3v) is 5.22. The predicted molar refractivity (Wildman–Crippen MR) is 112 cm³/mol. The average molecular weight is 457 g/mol. The third kappa shape index (κ3) is 6.78. The maximum absolute atomic E-state index is 13.4. The molecule has 10 heteroatoms. The second-order valence-corrected chi connectivity index (χ2v) is 7.86. The fraction of sp³-hybridized carbons (Fsp3) is 0.400. The molecule has 0 radical (unpaired) electrons. The van der Waals surface area contributed by atoms with Crippen molar-refractivity contribution in [3.63, 3.8) is 0 Å². The molecular formula is C20H23Cl2FN4O3. The number of carbonyl (C=O) groups excluding carboxylic acids is 1. The normalized spacial score (nSPS) is 16.3. The van der Waals surface area contributed by atoms with Gasteiger partial charge in [0.1, 0.15) is 30.0 Å². The lowest BCUT2D eigenvalue weighted by atomic mass is 10.1. The lowest BCUT2D eigenvalue weighted by molar-refractivity contribution is 0.0693. The Bertz CT molecular complexity index is 848. The third-order valence-electron chi connectivity index (χ3n) is 4.69. The van der Waals surface area contributed by atoms with Crippen LogP contribution in [0.15, 0.2) is 36.5 Å². The van der Waals surface area contributed by atoms with Crippen LogP contribution in [0.2, 0.25) is 10.0 Å². The average Bonchev–Trinajstić information content (AvgIpc) is 2.74. The molecule has 0 aliphatic carbocycles. The minimum Gasteiger partial charge on any atom is -0.491 e. The van der Waals surface area contributed by atoms with E-state index in [1.165, 1.54) is 18.3 Å². The molecule has 3 rings (SSSR count). The van der Waals surface area contributed by atoms with Gasteiger partial charge in [-0.05, 0) is 37.1 Å². The zero-order valence-corrected chi connectivity index (χ0v) is 17.7. The largest absolute Gasteiger partial charge is 0.491 e. The Hall–Kier alpha value is -1.97. The number of piperidine rings is 1. The molecule has 0 saturated carbocycles. The lowest BCUT2D eigenvalue weighted by Crippen LogP contribution is -2.51. The van der Waals surface area contributed by atoms with Crippen molar-refractivity contribution in [3.8, 4) is 5.75 Å². The van der Waals surface area contributed by atoms with E-state index in [4.69, 9.17) is 27.9 Å². The molecule has 7 nitrogen and oxygen atoms in total. The van der Waals surface area contributed by atoms with Gasteiger partial charge in [0.2, 0.25) is 0 Å². The van der Waals surface area contributed by atoms with E-state index in [-0.39, 0.29) is 23.6 Å². The van der Waals surface area contributed by atoms with Gasteiger partial charge in [-0.3, -0.25) is 10.2 Å². The van der Waals surface area contributed by atoms with E-state index in [0.29, 0.717) is 36.1 Å². The van der Waals surface area contributed by atoms with Gasteiger partial charge >= 0.3 is 0 Å². The number of ether oxygens (including phenoxy) is 1. The van der Waals surface area contributed by atoms with Crippen LogP contribution in [0.4, 0.5) is 4.39 Å². The first-order chi connectivity index (χ1) is 14.4. The predicted octanol–water partition coefficient (Wildman–Crippen LogP) is 2.67. The zero-order chi connectivity index (χ0) is 21.5. The highest BCUT2D eigenvalue weighted by Crippen LogP contribution is 2.20. The fourth-order valence-electron chi connectivity index (χ4n) is 3.03. The summed E-state index contributed by atoms with van der Waals surface area (Å²) in [6.07, 6.45) is 2.32. The van der Waals surface area contributed by atoms with Gasteiger partial charge in [0.05, 0.1) is 10.0 Å². The number of aliphatic hydroxyl groups is 1. The first kappa shape index (κ1) is 22.7. The number of benzene rings is 1. The number of nitrogens with zero attached hydrogens (tertiary/aromatic N) is 2. The minimum absolute atomic E-state index is 0.0246. The monoisotopic (exact) mass is 456 g/mol. The van der Waals surface area contributed by atoms with Crippen molar-refractivity contribution >= 4 is 29.1 Å².